The third kappa shape index (κ3) is 1.62. The van der Waals surface area contributed by atoms with Crippen LogP contribution in [0.4, 0.5) is 0 Å². The fraction of sp³-hybridized carbons (Fsp3) is 0.667. The van der Waals surface area contributed by atoms with Gasteiger partial charge in [-0.2, -0.15) is 5.26 Å². The highest BCUT2D eigenvalue weighted by Gasteiger charge is 2.28. The van der Waals surface area contributed by atoms with Crippen molar-refractivity contribution in [2.75, 3.05) is 19.2 Å². The van der Waals surface area contributed by atoms with E-state index in [1.54, 1.807) is 0 Å². The molecule has 60 valence electrons. The molecule has 0 aliphatic carbocycles. The van der Waals surface area contributed by atoms with Crippen LogP contribution in [0.1, 0.15) is 0 Å². The Kier molecular flexibility index (Phi) is 2.69. The summed E-state index contributed by atoms with van der Waals surface area (Å²) in [7, 11) is 0. The van der Waals surface area contributed by atoms with Crippen molar-refractivity contribution in [3.05, 3.63) is 0 Å². The van der Waals surface area contributed by atoms with Crippen LogP contribution in [0, 0.1) is 11.3 Å². The summed E-state index contributed by atoms with van der Waals surface area (Å²) in [5.41, 5.74) is 0. The Morgan fingerprint density at radius 3 is 3.18 bits per heavy atom. The second-order valence-corrected chi connectivity index (χ2v) is 2.41. The Balaban J connectivity index is 2.58. The predicted octanol–water partition coefficient (Wildman–Crippen LogP) is -0.0663. The number of nitriles is 1. The van der Waals surface area contributed by atoms with Gasteiger partial charge in [-0.15, -0.1) is 11.6 Å². The van der Waals surface area contributed by atoms with Gasteiger partial charge in [0.15, 0.2) is 0 Å². The third-order valence-corrected chi connectivity index (χ3v) is 1.69. The second kappa shape index (κ2) is 3.56. The zero-order valence-corrected chi connectivity index (χ0v) is 6.54. The van der Waals surface area contributed by atoms with Crippen LogP contribution in [0.3, 0.4) is 0 Å². The molecule has 0 unspecified atom stereocenters. The molecule has 4 nitrogen and oxygen atoms in total. The summed E-state index contributed by atoms with van der Waals surface area (Å²) in [6, 6.07) is 1.49. The summed E-state index contributed by atoms with van der Waals surface area (Å²) in [6.07, 6.45) is 0. The number of amides is 1. The number of ether oxygens (including phenoxy) is 1. The Bertz CT molecular complexity index is 201. The Morgan fingerprint density at radius 1 is 1.91 bits per heavy atom. The topological polar surface area (TPSA) is 53.3 Å². The van der Waals surface area contributed by atoms with E-state index in [1.165, 1.54) is 4.90 Å². The minimum atomic E-state index is -0.457. The lowest BCUT2D eigenvalue weighted by Crippen LogP contribution is -2.36. The summed E-state index contributed by atoms with van der Waals surface area (Å²) < 4.78 is 4.91. The van der Waals surface area contributed by atoms with Gasteiger partial charge in [0.25, 0.3) is 0 Å². The number of hydrogen-bond acceptors (Lipinski definition) is 3. The van der Waals surface area contributed by atoms with Gasteiger partial charge < -0.3 is 4.74 Å². The lowest BCUT2D eigenvalue weighted by atomic mass is 10.3. The third-order valence-electron chi connectivity index (χ3n) is 1.47. The van der Waals surface area contributed by atoms with E-state index in [9.17, 15) is 4.79 Å². The molecule has 1 aliphatic heterocycles. The first kappa shape index (κ1) is 8.31. The highest BCUT2D eigenvalue weighted by molar-refractivity contribution is 6.27. The molecule has 1 amide bonds. The summed E-state index contributed by atoms with van der Waals surface area (Å²) in [5.74, 6) is -0.350. The number of rotatable bonds is 1. The van der Waals surface area contributed by atoms with Gasteiger partial charge >= 0.3 is 0 Å². The maximum atomic E-state index is 10.9. The van der Waals surface area contributed by atoms with E-state index in [4.69, 9.17) is 21.6 Å². The second-order valence-electron chi connectivity index (χ2n) is 2.14. The van der Waals surface area contributed by atoms with Gasteiger partial charge in [0, 0.05) is 0 Å². The Hall–Kier alpha value is -0.790. The molecule has 0 saturated carbocycles. The molecule has 0 aromatic rings. The van der Waals surface area contributed by atoms with Gasteiger partial charge in [-0.1, -0.05) is 0 Å². The van der Waals surface area contributed by atoms with Crippen molar-refractivity contribution < 1.29 is 9.53 Å². The van der Waals surface area contributed by atoms with E-state index >= 15 is 0 Å². The highest BCUT2D eigenvalue weighted by Crippen LogP contribution is 2.08. The van der Waals surface area contributed by atoms with Gasteiger partial charge in [-0.05, 0) is 0 Å². The number of carbonyl (C=O) groups excluding carboxylic acids is 1. The largest absolute Gasteiger partial charge is 0.358 e. The van der Waals surface area contributed by atoms with Crippen LogP contribution >= 0.6 is 11.6 Å². The molecule has 1 fully saturated rings. The zero-order valence-electron chi connectivity index (χ0n) is 5.79. The van der Waals surface area contributed by atoms with Crippen molar-refractivity contribution in [1.82, 2.24) is 4.90 Å². The Morgan fingerprint density at radius 2 is 2.64 bits per heavy atom. The van der Waals surface area contributed by atoms with E-state index in [0.717, 1.165) is 0 Å². The first-order chi connectivity index (χ1) is 5.29. The molecule has 11 heavy (non-hydrogen) atoms. The average molecular weight is 175 g/mol. The fourth-order valence-electron chi connectivity index (χ4n) is 0.872. The zero-order chi connectivity index (χ0) is 8.27. The maximum absolute atomic E-state index is 10.9. The summed E-state index contributed by atoms with van der Waals surface area (Å²) in [4.78, 5) is 12.3. The number of carbonyl (C=O) groups is 1. The monoisotopic (exact) mass is 174 g/mol. The van der Waals surface area contributed by atoms with Crippen LogP contribution < -0.4 is 0 Å². The van der Waals surface area contributed by atoms with E-state index in [0.29, 0.717) is 6.61 Å². The molecule has 0 aromatic carbocycles. The lowest BCUT2D eigenvalue weighted by Gasteiger charge is -2.14. The highest BCUT2D eigenvalue weighted by atomic mass is 35.5. The summed E-state index contributed by atoms with van der Waals surface area (Å²) in [6.45, 7) is 0.475. The molecular weight excluding hydrogens is 168 g/mol. The van der Waals surface area contributed by atoms with Crippen LogP contribution in [0.15, 0.2) is 0 Å². The van der Waals surface area contributed by atoms with Crippen molar-refractivity contribution >= 4 is 17.5 Å². The molecule has 1 rings (SSSR count). The predicted molar refractivity (Wildman–Crippen MR) is 37.8 cm³/mol. The summed E-state index contributed by atoms with van der Waals surface area (Å²) >= 11 is 5.30. The van der Waals surface area contributed by atoms with Crippen molar-refractivity contribution in [2.45, 2.75) is 6.04 Å². The normalized spacial score (nSPS) is 23.3. The van der Waals surface area contributed by atoms with Crippen molar-refractivity contribution in [2.24, 2.45) is 0 Å². The van der Waals surface area contributed by atoms with Crippen LogP contribution in [0.25, 0.3) is 0 Å². The van der Waals surface area contributed by atoms with Gasteiger partial charge in [0.2, 0.25) is 5.91 Å². The van der Waals surface area contributed by atoms with Gasteiger partial charge in [-0.25, -0.2) is 0 Å². The SMILES string of the molecule is N#C[C@H]1COCN1C(=O)CCl. The van der Waals surface area contributed by atoms with Gasteiger partial charge in [-0.3, -0.25) is 9.69 Å². The molecule has 1 saturated heterocycles. The van der Waals surface area contributed by atoms with Gasteiger partial charge in [0.1, 0.15) is 18.7 Å². The van der Waals surface area contributed by atoms with E-state index in [2.05, 4.69) is 0 Å². The van der Waals surface area contributed by atoms with E-state index in [1.807, 2.05) is 6.07 Å². The molecule has 1 heterocycles. The Labute approximate surface area is 69.3 Å². The van der Waals surface area contributed by atoms with E-state index < -0.39 is 6.04 Å². The summed E-state index contributed by atoms with van der Waals surface area (Å²) in [5, 5.41) is 8.51. The first-order valence-electron chi connectivity index (χ1n) is 3.12. The molecule has 5 heteroatoms. The molecule has 0 spiro atoms. The number of alkyl halides is 1. The van der Waals surface area contributed by atoms with E-state index in [-0.39, 0.29) is 18.5 Å². The number of hydrogen-bond donors (Lipinski definition) is 0. The smallest absolute Gasteiger partial charge is 0.240 e. The van der Waals surface area contributed by atoms with Gasteiger partial charge in [0.05, 0.1) is 12.7 Å². The van der Waals surface area contributed by atoms with Crippen LogP contribution in [0.5, 0.6) is 0 Å². The molecule has 0 radical (unpaired) electrons. The van der Waals surface area contributed by atoms with Crippen LogP contribution in [0.2, 0.25) is 0 Å². The van der Waals surface area contributed by atoms with Crippen LogP contribution in [-0.2, 0) is 9.53 Å². The average Bonchev–Trinajstić information content (AvgIpc) is 2.50. The molecule has 1 atom stereocenters. The maximum Gasteiger partial charge on any atom is 0.240 e. The molecular formula is C6H7ClN2O2. The van der Waals surface area contributed by atoms with Crippen LogP contribution in [-0.4, -0.2) is 36.1 Å². The number of halogens is 1. The minimum Gasteiger partial charge on any atom is -0.358 e. The number of nitrogens with zero attached hydrogens (tertiary/aromatic N) is 2. The van der Waals surface area contributed by atoms with Crippen molar-refractivity contribution in [1.29, 1.82) is 5.26 Å². The molecule has 1 aliphatic rings. The first-order valence-corrected chi connectivity index (χ1v) is 3.66. The lowest BCUT2D eigenvalue weighted by molar-refractivity contribution is -0.129. The van der Waals surface area contributed by atoms with Crippen molar-refractivity contribution in [3.8, 4) is 6.07 Å². The molecule has 0 N–H and O–H groups in total. The molecule has 0 bridgehead atoms. The standard InChI is InChI=1S/C6H7ClN2O2/c7-1-6(10)9-4-11-3-5(9)2-8/h5H,1,3-4H2/t5-/m0/s1. The quantitative estimate of drug-likeness (QED) is 0.523. The van der Waals surface area contributed by atoms with Crippen molar-refractivity contribution in [3.63, 3.8) is 0 Å². The fourth-order valence-corrected chi connectivity index (χ4v) is 1.03. The molecule has 0 aromatic heterocycles. The minimum absolute atomic E-state index is 0.0957.